The van der Waals surface area contributed by atoms with Crippen LogP contribution in [0.25, 0.3) is 0 Å². The molecule has 3 aromatic rings. The van der Waals surface area contributed by atoms with Gasteiger partial charge in [0.15, 0.2) is 0 Å². The van der Waals surface area contributed by atoms with E-state index in [1.807, 2.05) is 25.7 Å². The van der Waals surface area contributed by atoms with Gasteiger partial charge in [0.1, 0.15) is 23.0 Å². The van der Waals surface area contributed by atoms with Gasteiger partial charge in [-0.2, -0.15) is 8.42 Å². The van der Waals surface area contributed by atoms with E-state index in [1.54, 1.807) is 12.1 Å². The van der Waals surface area contributed by atoms with Crippen molar-refractivity contribution in [2.75, 3.05) is 18.1 Å². The molecule has 0 aliphatic rings. The summed E-state index contributed by atoms with van der Waals surface area (Å²) in [4.78, 5) is 27.1. The van der Waals surface area contributed by atoms with Crippen LogP contribution in [0.15, 0.2) is 66.7 Å². The van der Waals surface area contributed by atoms with Gasteiger partial charge in [0.25, 0.3) is 0 Å². The third kappa shape index (κ3) is 10.6. The SMILES string of the molecule is CC(C)(C)N(CCO)c1cc(OC(=O)c2ccc(O)cc2)cc(OC(=O)c2ccc(O)cc2)c1.O=S(=O)(O)O. The molecule has 5 N–H and O–H groups in total. The van der Waals surface area contributed by atoms with Crippen molar-refractivity contribution >= 4 is 28.0 Å². The molecule has 0 aliphatic carbocycles. The molecule has 0 saturated carbocycles. The maximum absolute atomic E-state index is 12.6. The van der Waals surface area contributed by atoms with Crippen LogP contribution in [0.2, 0.25) is 0 Å². The second-order valence-corrected chi connectivity index (χ2v) is 9.92. The molecule has 0 amide bonds. The molecule has 3 aromatic carbocycles. The van der Waals surface area contributed by atoms with Gasteiger partial charge >= 0.3 is 22.3 Å². The van der Waals surface area contributed by atoms with E-state index < -0.39 is 27.9 Å². The standard InChI is InChI=1S/C26H27NO7.H2O4S/c1-26(2,3)27(12-13-28)19-14-22(33-24(31)17-4-8-20(29)9-5-17)16-23(15-19)34-25(32)18-6-10-21(30)11-7-18;1-5(2,3)4/h4-11,14-16,28-30H,12-13H2,1-3H3;(H2,1,2,3,4). The maximum Gasteiger partial charge on any atom is 0.394 e. The first kappa shape index (κ1) is 31.1. The molecule has 12 nitrogen and oxygen atoms in total. The Kier molecular flexibility index (Phi) is 10.4. The Labute approximate surface area is 225 Å². The summed E-state index contributed by atoms with van der Waals surface area (Å²) in [5, 5.41) is 28.5. The number of aromatic hydroxyl groups is 2. The fourth-order valence-electron chi connectivity index (χ4n) is 3.31. The molecular formula is C26H29NO11S. The van der Waals surface area contributed by atoms with E-state index in [4.69, 9.17) is 27.0 Å². The van der Waals surface area contributed by atoms with Gasteiger partial charge in [-0.1, -0.05) is 0 Å². The Morgan fingerprint density at radius 2 is 1.13 bits per heavy atom. The summed E-state index contributed by atoms with van der Waals surface area (Å²) < 4.78 is 42.6. The highest BCUT2D eigenvalue weighted by molar-refractivity contribution is 7.79. The summed E-state index contributed by atoms with van der Waals surface area (Å²) in [6.07, 6.45) is 0. The molecule has 0 heterocycles. The van der Waals surface area contributed by atoms with Gasteiger partial charge in [-0.25, -0.2) is 9.59 Å². The number of aliphatic hydroxyl groups is 1. The van der Waals surface area contributed by atoms with Gasteiger partial charge in [-0.15, -0.1) is 0 Å². The van der Waals surface area contributed by atoms with Crippen LogP contribution in [0.5, 0.6) is 23.0 Å². The van der Waals surface area contributed by atoms with E-state index in [1.165, 1.54) is 54.6 Å². The number of nitrogens with zero attached hydrogens (tertiary/aromatic N) is 1. The molecule has 0 fully saturated rings. The van der Waals surface area contributed by atoms with Gasteiger partial charge in [-0.3, -0.25) is 9.11 Å². The average molecular weight is 564 g/mol. The first-order valence-corrected chi connectivity index (χ1v) is 12.7. The first-order valence-electron chi connectivity index (χ1n) is 11.3. The zero-order chi connectivity index (χ0) is 29.4. The highest BCUT2D eigenvalue weighted by Gasteiger charge is 2.24. The lowest BCUT2D eigenvalue weighted by molar-refractivity contribution is 0.0733. The zero-order valence-electron chi connectivity index (χ0n) is 21.3. The number of benzene rings is 3. The van der Waals surface area contributed by atoms with Crippen molar-refractivity contribution in [2.24, 2.45) is 0 Å². The average Bonchev–Trinajstić information content (AvgIpc) is 2.81. The molecule has 3 rings (SSSR count). The highest BCUT2D eigenvalue weighted by Crippen LogP contribution is 2.33. The number of phenols is 2. The highest BCUT2D eigenvalue weighted by atomic mass is 32.3. The molecule has 0 aromatic heterocycles. The first-order chi connectivity index (χ1) is 18.1. The summed E-state index contributed by atoms with van der Waals surface area (Å²) in [5.41, 5.74) is 0.634. The summed E-state index contributed by atoms with van der Waals surface area (Å²) in [6, 6.07) is 15.9. The second-order valence-electron chi connectivity index (χ2n) is 9.03. The normalized spacial score (nSPS) is 11.1. The predicted molar refractivity (Wildman–Crippen MR) is 141 cm³/mol. The lowest BCUT2D eigenvalue weighted by Crippen LogP contribution is -2.43. The Hall–Kier alpha value is -4.17. The van der Waals surface area contributed by atoms with Crippen LogP contribution < -0.4 is 14.4 Å². The minimum Gasteiger partial charge on any atom is -0.508 e. The van der Waals surface area contributed by atoms with Gasteiger partial charge in [0, 0.05) is 36.0 Å². The number of esters is 2. The number of phenolic OH excluding ortho intramolecular Hbond substituents is 2. The van der Waals surface area contributed by atoms with E-state index >= 15 is 0 Å². The third-order valence-electron chi connectivity index (χ3n) is 4.94. The van der Waals surface area contributed by atoms with Crippen LogP contribution in [0.1, 0.15) is 41.5 Å². The topological polar surface area (TPSA) is 191 Å². The molecule has 0 atom stereocenters. The molecule has 0 bridgehead atoms. The van der Waals surface area contributed by atoms with Crippen molar-refractivity contribution < 1.29 is 51.9 Å². The van der Waals surface area contributed by atoms with Gasteiger partial charge < -0.3 is 29.7 Å². The molecule has 13 heteroatoms. The number of rotatable bonds is 7. The van der Waals surface area contributed by atoms with Crippen molar-refractivity contribution in [1.82, 2.24) is 0 Å². The number of carbonyl (C=O) groups excluding carboxylic acids is 2. The maximum atomic E-state index is 12.6. The van der Waals surface area contributed by atoms with Crippen molar-refractivity contribution in [3.8, 4) is 23.0 Å². The summed E-state index contributed by atoms with van der Waals surface area (Å²) in [7, 11) is -4.67. The number of carbonyl (C=O) groups is 2. The minimum absolute atomic E-state index is 0.0202. The van der Waals surface area contributed by atoms with Crippen LogP contribution in [0.4, 0.5) is 5.69 Å². The molecule has 39 heavy (non-hydrogen) atoms. The molecule has 0 saturated heterocycles. The Balaban J connectivity index is 0.000000976. The van der Waals surface area contributed by atoms with E-state index in [9.17, 15) is 24.9 Å². The molecule has 0 radical (unpaired) electrons. The molecule has 0 unspecified atom stereocenters. The summed E-state index contributed by atoms with van der Waals surface area (Å²) in [5.74, 6) is -0.999. The van der Waals surface area contributed by atoms with Crippen molar-refractivity contribution in [1.29, 1.82) is 0 Å². The van der Waals surface area contributed by atoms with Gasteiger partial charge in [0.2, 0.25) is 0 Å². The predicted octanol–water partition coefficient (Wildman–Crippen LogP) is 3.48. The largest absolute Gasteiger partial charge is 0.508 e. The fraction of sp³-hybridized carbons (Fsp3) is 0.231. The van der Waals surface area contributed by atoms with Gasteiger partial charge in [-0.05, 0) is 69.3 Å². The number of anilines is 1. The Bertz CT molecular complexity index is 1300. The zero-order valence-corrected chi connectivity index (χ0v) is 22.1. The van der Waals surface area contributed by atoms with Crippen LogP contribution in [0, 0.1) is 0 Å². The third-order valence-corrected chi connectivity index (χ3v) is 4.94. The van der Waals surface area contributed by atoms with E-state index in [-0.39, 0.29) is 40.7 Å². The monoisotopic (exact) mass is 563 g/mol. The smallest absolute Gasteiger partial charge is 0.394 e. The number of β-amino-alcohol motifs (C(OH)–C–C–N with tert-alkyl or cyclic N) is 1. The molecule has 0 aliphatic heterocycles. The lowest BCUT2D eigenvalue weighted by atomic mass is 10.0. The minimum atomic E-state index is -4.67. The number of hydrogen-bond donors (Lipinski definition) is 5. The van der Waals surface area contributed by atoms with E-state index in [0.29, 0.717) is 12.2 Å². The fourth-order valence-corrected chi connectivity index (χ4v) is 3.31. The van der Waals surface area contributed by atoms with Crippen molar-refractivity contribution in [2.45, 2.75) is 26.3 Å². The van der Waals surface area contributed by atoms with Crippen molar-refractivity contribution in [3.05, 3.63) is 77.9 Å². The van der Waals surface area contributed by atoms with Crippen LogP contribution in [-0.4, -0.2) is 63.5 Å². The molecule has 210 valence electrons. The number of hydrogen-bond acceptors (Lipinski definition) is 10. The quantitative estimate of drug-likeness (QED) is 0.160. The van der Waals surface area contributed by atoms with E-state index in [0.717, 1.165) is 0 Å². The van der Waals surface area contributed by atoms with Crippen LogP contribution >= 0.6 is 0 Å². The van der Waals surface area contributed by atoms with Gasteiger partial charge in [0.05, 0.1) is 17.7 Å². The molecular weight excluding hydrogens is 534 g/mol. The van der Waals surface area contributed by atoms with Crippen molar-refractivity contribution in [3.63, 3.8) is 0 Å². The number of ether oxygens (including phenoxy) is 2. The second kappa shape index (κ2) is 13.1. The van der Waals surface area contributed by atoms with E-state index in [2.05, 4.69) is 0 Å². The summed E-state index contributed by atoms with van der Waals surface area (Å²) in [6.45, 7) is 6.06. The van der Waals surface area contributed by atoms with Crippen LogP contribution in [-0.2, 0) is 10.4 Å². The molecule has 0 spiro atoms. The summed E-state index contributed by atoms with van der Waals surface area (Å²) >= 11 is 0. The Morgan fingerprint density at radius 1 is 0.769 bits per heavy atom. The van der Waals surface area contributed by atoms with Crippen LogP contribution in [0.3, 0.4) is 0 Å². The number of aliphatic hydroxyl groups excluding tert-OH is 1. The Morgan fingerprint density at radius 3 is 1.44 bits per heavy atom. The lowest BCUT2D eigenvalue weighted by Gasteiger charge is -2.37.